The molecule has 1 amide bonds. The molecule has 0 saturated heterocycles. The molecule has 2 aromatic rings. The van der Waals surface area contributed by atoms with E-state index in [1.54, 1.807) is 0 Å². The molecule has 0 aliphatic carbocycles. The Kier molecular flexibility index (Phi) is 6.12. The zero-order valence-electron chi connectivity index (χ0n) is 13.4. The number of carboxylic acids is 1. The van der Waals surface area contributed by atoms with E-state index >= 15 is 0 Å². The van der Waals surface area contributed by atoms with Crippen LogP contribution in [-0.2, 0) is 19.6 Å². The maximum absolute atomic E-state index is 13.0. The third kappa shape index (κ3) is 4.46. The maximum atomic E-state index is 13.0. The molecule has 0 spiro atoms. The summed E-state index contributed by atoms with van der Waals surface area (Å²) in [6.45, 7) is 0.456. The van der Waals surface area contributed by atoms with E-state index in [2.05, 4.69) is 5.32 Å². The molecule has 0 aliphatic heterocycles. The Morgan fingerprint density at radius 1 is 1.08 bits per heavy atom. The molecule has 2 N–H and O–H groups in total. The van der Waals surface area contributed by atoms with Crippen LogP contribution in [0.4, 0.5) is 11.4 Å². The number of nitrogens with zero attached hydrogens (tertiary/aromatic N) is 1. The van der Waals surface area contributed by atoms with Crippen molar-refractivity contribution in [1.29, 1.82) is 0 Å². The van der Waals surface area contributed by atoms with Crippen molar-refractivity contribution in [2.24, 2.45) is 0 Å². The second-order valence-electron chi connectivity index (χ2n) is 5.18. The zero-order valence-corrected chi connectivity index (χ0v) is 15.8. The predicted octanol–water partition coefficient (Wildman–Crippen LogP) is 3.23. The SMILES string of the molecule is CC(=O)Nc1ccc(S(=O)(=O)N(CC(=O)O)c2c(Cl)cccc2Cl)cc1. The smallest absolute Gasteiger partial charge is 0.324 e. The van der Waals surface area contributed by atoms with Gasteiger partial charge in [-0.1, -0.05) is 29.3 Å². The van der Waals surface area contributed by atoms with Gasteiger partial charge in [0.2, 0.25) is 5.91 Å². The fraction of sp³-hybridized carbons (Fsp3) is 0.125. The van der Waals surface area contributed by atoms with Crippen LogP contribution in [0.3, 0.4) is 0 Å². The van der Waals surface area contributed by atoms with Gasteiger partial charge in [-0.15, -0.1) is 0 Å². The monoisotopic (exact) mass is 416 g/mol. The highest BCUT2D eigenvalue weighted by Crippen LogP contribution is 2.36. The van der Waals surface area contributed by atoms with Crippen LogP contribution in [-0.4, -0.2) is 31.9 Å². The van der Waals surface area contributed by atoms with Crippen molar-refractivity contribution in [2.75, 3.05) is 16.2 Å². The van der Waals surface area contributed by atoms with Crippen molar-refractivity contribution in [1.82, 2.24) is 0 Å². The minimum absolute atomic E-state index is 0.00260. The van der Waals surface area contributed by atoms with Crippen molar-refractivity contribution in [3.05, 3.63) is 52.5 Å². The molecule has 0 aromatic heterocycles. The number of hydrogen-bond acceptors (Lipinski definition) is 4. The highest BCUT2D eigenvalue weighted by Gasteiger charge is 2.30. The molecule has 0 aliphatic rings. The Morgan fingerprint density at radius 2 is 1.62 bits per heavy atom. The fourth-order valence-electron chi connectivity index (χ4n) is 2.18. The average Bonchev–Trinajstić information content (AvgIpc) is 2.53. The normalized spacial score (nSPS) is 11.0. The standard InChI is InChI=1S/C16H14Cl2N2O5S/c1-10(21)19-11-5-7-12(8-6-11)26(24,25)20(9-15(22)23)16-13(17)3-2-4-14(16)18/h2-8H,9H2,1H3,(H,19,21)(H,22,23). The number of anilines is 2. The van der Waals surface area contributed by atoms with Crippen molar-refractivity contribution in [2.45, 2.75) is 11.8 Å². The highest BCUT2D eigenvalue weighted by atomic mass is 35.5. The van der Waals surface area contributed by atoms with Crippen molar-refractivity contribution in [3.63, 3.8) is 0 Å². The van der Waals surface area contributed by atoms with Gasteiger partial charge >= 0.3 is 5.97 Å². The Bertz CT molecular complexity index is 925. The molecule has 10 heteroatoms. The molecule has 26 heavy (non-hydrogen) atoms. The van der Waals surface area contributed by atoms with E-state index in [1.165, 1.54) is 49.4 Å². The summed E-state index contributed by atoms with van der Waals surface area (Å²) < 4.78 is 26.6. The summed E-state index contributed by atoms with van der Waals surface area (Å²) in [5.74, 6) is -1.68. The summed E-state index contributed by atoms with van der Waals surface area (Å²) in [5.41, 5.74) is 0.279. The summed E-state index contributed by atoms with van der Waals surface area (Å²) in [6.07, 6.45) is 0. The van der Waals surface area contributed by atoms with Crippen molar-refractivity contribution in [3.8, 4) is 0 Å². The molecular formula is C16H14Cl2N2O5S. The molecule has 0 radical (unpaired) electrons. The summed E-state index contributed by atoms with van der Waals surface area (Å²) in [7, 11) is -4.27. The lowest BCUT2D eigenvalue weighted by Crippen LogP contribution is -2.36. The number of rotatable bonds is 6. The van der Waals surface area contributed by atoms with E-state index in [4.69, 9.17) is 28.3 Å². The lowest BCUT2D eigenvalue weighted by atomic mass is 10.3. The number of carboxylic acid groups (broad SMARTS) is 1. The molecule has 138 valence electrons. The van der Waals surface area contributed by atoms with E-state index in [-0.39, 0.29) is 26.5 Å². The first kappa shape index (κ1) is 20.0. The first-order valence-corrected chi connectivity index (χ1v) is 9.38. The average molecular weight is 417 g/mol. The van der Waals surface area contributed by atoms with Crippen LogP contribution in [0.25, 0.3) is 0 Å². The highest BCUT2D eigenvalue weighted by molar-refractivity contribution is 7.92. The van der Waals surface area contributed by atoms with Gasteiger partial charge in [-0.2, -0.15) is 0 Å². The largest absolute Gasteiger partial charge is 0.480 e. The number of carbonyl (C=O) groups excluding carboxylic acids is 1. The third-order valence-corrected chi connectivity index (χ3v) is 5.60. The first-order valence-electron chi connectivity index (χ1n) is 7.19. The molecule has 0 heterocycles. The summed E-state index contributed by atoms with van der Waals surface area (Å²) in [5, 5.41) is 11.6. The van der Waals surface area contributed by atoms with Crippen LogP contribution in [0, 0.1) is 0 Å². The fourth-order valence-corrected chi connectivity index (χ4v) is 4.33. The number of para-hydroxylation sites is 1. The number of nitrogens with one attached hydrogen (secondary N) is 1. The minimum Gasteiger partial charge on any atom is -0.480 e. The lowest BCUT2D eigenvalue weighted by molar-refractivity contribution is -0.135. The molecule has 0 saturated carbocycles. The van der Waals surface area contributed by atoms with Gasteiger partial charge in [0.15, 0.2) is 0 Å². The summed E-state index contributed by atoms with van der Waals surface area (Å²) >= 11 is 12.1. The predicted molar refractivity (Wildman–Crippen MR) is 99.4 cm³/mol. The Hall–Kier alpha value is -2.29. The number of halogens is 2. The van der Waals surface area contributed by atoms with Crippen LogP contribution in [0.1, 0.15) is 6.92 Å². The van der Waals surface area contributed by atoms with E-state index in [0.717, 1.165) is 0 Å². The quantitative estimate of drug-likeness (QED) is 0.751. The zero-order chi connectivity index (χ0) is 19.5. The van der Waals surface area contributed by atoms with E-state index < -0.39 is 22.5 Å². The van der Waals surface area contributed by atoms with Crippen LogP contribution in [0.2, 0.25) is 10.0 Å². The van der Waals surface area contributed by atoms with E-state index in [1.807, 2.05) is 0 Å². The Balaban J connectivity index is 2.53. The topological polar surface area (TPSA) is 104 Å². The van der Waals surface area contributed by atoms with E-state index in [0.29, 0.717) is 9.99 Å². The van der Waals surface area contributed by atoms with Gasteiger partial charge in [0.05, 0.1) is 20.6 Å². The second kappa shape index (κ2) is 7.94. The van der Waals surface area contributed by atoms with Crippen LogP contribution in [0.15, 0.2) is 47.4 Å². The molecular weight excluding hydrogens is 403 g/mol. The lowest BCUT2D eigenvalue weighted by Gasteiger charge is -2.24. The third-order valence-electron chi connectivity index (χ3n) is 3.23. The number of aliphatic carboxylic acids is 1. The molecule has 2 rings (SSSR count). The second-order valence-corrected chi connectivity index (χ2v) is 7.86. The van der Waals surface area contributed by atoms with Crippen molar-refractivity contribution >= 4 is 56.5 Å². The molecule has 0 bridgehead atoms. The van der Waals surface area contributed by atoms with Crippen LogP contribution < -0.4 is 9.62 Å². The Morgan fingerprint density at radius 3 is 2.08 bits per heavy atom. The molecule has 7 nitrogen and oxygen atoms in total. The van der Waals surface area contributed by atoms with Crippen LogP contribution >= 0.6 is 23.2 Å². The minimum atomic E-state index is -4.27. The van der Waals surface area contributed by atoms with Gasteiger partial charge in [0, 0.05) is 12.6 Å². The number of amides is 1. The van der Waals surface area contributed by atoms with Gasteiger partial charge in [-0.05, 0) is 36.4 Å². The van der Waals surface area contributed by atoms with Gasteiger partial charge < -0.3 is 10.4 Å². The summed E-state index contributed by atoms with van der Waals surface area (Å²) in [6, 6.07) is 9.62. The van der Waals surface area contributed by atoms with E-state index in [9.17, 15) is 18.0 Å². The number of carbonyl (C=O) groups is 2. The number of hydrogen-bond donors (Lipinski definition) is 2. The summed E-state index contributed by atoms with van der Waals surface area (Å²) in [4.78, 5) is 22.1. The maximum Gasteiger partial charge on any atom is 0.324 e. The molecule has 0 fully saturated rings. The van der Waals surface area contributed by atoms with Gasteiger partial charge in [-0.3, -0.25) is 13.9 Å². The van der Waals surface area contributed by atoms with Crippen molar-refractivity contribution < 1.29 is 23.1 Å². The van der Waals surface area contributed by atoms with Crippen LogP contribution in [0.5, 0.6) is 0 Å². The number of benzene rings is 2. The van der Waals surface area contributed by atoms with Gasteiger partial charge in [0.25, 0.3) is 10.0 Å². The first-order chi connectivity index (χ1) is 12.1. The van der Waals surface area contributed by atoms with Gasteiger partial charge in [0.1, 0.15) is 6.54 Å². The molecule has 0 unspecified atom stereocenters. The molecule has 2 aromatic carbocycles. The van der Waals surface area contributed by atoms with Gasteiger partial charge in [-0.25, -0.2) is 8.42 Å². The molecule has 0 atom stereocenters. The Labute approximate surface area is 160 Å². The number of sulfonamides is 1.